The van der Waals surface area contributed by atoms with Gasteiger partial charge in [-0.1, -0.05) is 30.3 Å². The number of carbonyl (C=O) groups is 3. The van der Waals surface area contributed by atoms with E-state index >= 15 is 0 Å². The molecule has 12 heteroatoms. The lowest BCUT2D eigenvalue weighted by atomic mass is 9.80. The molecule has 3 atom stereocenters. The summed E-state index contributed by atoms with van der Waals surface area (Å²) in [5.74, 6) is -3.38. The third-order valence-corrected chi connectivity index (χ3v) is 10.1. The Labute approximate surface area is 276 Å². The monoisotopic (exact) mass is 665 g/mol. The minimum atomic E-state index is -2.67. The Morgan fingerprint density at radius 2 is 1.62 bits per heavy atom. The van der Waals surface area contributed by atoms with E-state index in [0.29, 0.717) is 24.9 Å². The van der Waals surface area contributed by atoms with Gasteiger partial charge in [0.1, 0.15) is 5.54 Å². The Balaban J connectivity index is 0.00000230. The topological polar surface area (TPSA) is 85.8 Å². The number of imide groups is 1. The van der Waals surface area contributed by atoms with Crippen LogP contribution in [0.3, 0.4) is 0 Å². The van der Waals surface area contributed by atoms with Crippen LogP contribution in [0.5, 0.6) is 0 Å². The number of aromatic nitrogens is 1. The molecule has 2 bridgehead atoms. The highest BCUT2D eigenvalue weighted by Gasteiger charge is 2.63. The molecule has 6 rings (SSSR count). The molecule has 1 aromatic heterocycles. The van der Waals surface area contributed by atoms with Crippen LogP contribution in [0.1, 0.15) is 83.2 Å². The SMILES string of the molecule is CC(C)N1C(=O)N(c2cccnc2)C(=O)C12CC1CCC(C2)N1CC[C@H](NC(=O)C1CCC(F)(F)CC1)c1ccccc1.Cl.Cl. The van der Waals surface area contributed by atoms with Crippen LogP contribution in [-0.2, 0) is 9.59 Å². The number of hydrogen-bond donors (Lipinski definition) is 1. The first-order valence-corrected chi connectivity index (χ1v) is 15.7. The number of hydrogen-bond acceptors (Lipinski definition) is 5. The normalized spacial score (nSPS) is 27.0. The molecule has 4 aliphatic rings. The summed E-state index contributed by atoms with van der Waals surface area (Å²) < 4.78 is 27.4. The third-order valence-electron chi connectivity index (χ3n) is 10.1. The molecular formula is C33H43Cl2F2N5O3. The number of anilines is 1. The van der Waals surface area contributed by atoms with Crippen molar-refractivity contribution < 1.29 is 23.2 Å². The van der Waals surface area contributed by atoms with Gasteiger partial charge in [0.15, 0.2) is 0 Å². The third kappa shape index (κ3) is 6.69. The zero-order chi connectivity index (χ0) is 30.4. The lowest BCUT2D eigenvalue weighted by Gasteiger charge is -2.48. The number of halogens is 4. The Bertz CT molecular complexity index is 1330. The number of benzene rings is 1. The van der Waals surface area contributed by atoms with Crippen LogP contribution in [-0.4, -0.2) is 68.8 Å². The number of nitrogens with one attached hydrogen (secondary N) is 1. The van der Waals surface area contributed by atoms with Crippen LogP contribution in [0.4, 0.5) is 19.3 Å². The van der Waals surface area contributed by atoms with Gasteiger partial charge >= 0.3 is 6.03 Å². The molecule has 1 N–H and O–H groups in total. The number of pyridine rings is 1. The van der Waals surface area contributed by atoms with E-state index in [1.54, 1.807) is 29.4 Å². The lowest BCUT2D eigenvalue weighted by Crippen LogP contribution is -2.61. The van der Waals surface area contributed by atoms with E-state index in [1.165, 1.54) is 4.90 Å². The molecular weight excluding hydrogens is 623 g/mol. The minimum Gasteiger partial charge on any atom is -0.349 e. The van der Waals surface area contributed by atoms with Crippen molar-refractivity contribution >= 4 is 48.3 Å². The van der Waals surface area contributed by atoms with Crippen LogP contribution in [0.15, 0.2) is 54.9 Å². The molecule has 1 spiro atoms. The molecule has 2 aromatic rings. The van der Waals surface area contributed by atoms with E-state index in [-0.39, 0.29) is 92.5 Å². The predicted octanol–water partition coefficient (Wildman–Crippen LogP) is 6.54. The first-order chi connectivity index (χ1) is 20.6. The van der Waals surface area contributed by atoms with Crippen LogP contribution in [0, 0.1) is 5.92 Å². The maximum Gasteiger partial charge on any atom is 0.332 e. The fourth-order valence-corrected chi connectivity index (χ4v) is 8.05. The number of urea groups is 1. The molecule has 0 radical (unpaired) electrons. The average molecular weight is 667 g/mol. The summed E-state index contributed by atoms with van der Waals surface area (Å²) in [5.41, 5.74) is 0.602. The van der Waals surface area contributed by atoms with Crippen molar-refractivity contribution in [2.45, 2.75) is 107 Å². The van der Waals surface area contributed by atoms with Gasteiger partial charge in [-0.3, -0.25) is 19.5 Å². The summed E-state index contributed by atoms with van der Waals surface area (Å²) in [6, 6.07) is 12.9. The number of alkyl halides is 2. The first-order valence-electron chi connectivity index (χ1n) is 15.7. The lowest BCUT2D eigenvalue weighted by molar-refractivity contribution is -0.131. The number of carbonyl (C=O) groups excluding carboxylic acids is 3. The van der Waals surface area contributed by atoms with Crippen molar-refractivity contribution in [2.24, 2.45) is 5.92 Å². The van der Waals surface area contributed by atoms with Crippen molar-refractivity contribution in [2.75, 3.05) is 11.4 Å². The molecule has 45 heavy (non-hydrogen) atoms. The van der Waals surface area contributed by atoms with E-state index in [2.05, 4.69) is 15.2 Å². The van der Waals surface area contributed by atoms with Gasteiger partial charge in [-0.25, -0.2) is 18.5 Å². The molecule has 4 fully saturated rings. The van der Waals surface area contributed by atoms with Gasteiger partial charge in [0.25, 0.3) is 5.91 Å². The van der Waals surface area contributed by atoms with Crippen LogP contribution in [0.25, 0.3) is 0 Å². The summed E-state index contributed by atoms with van der Waals surface area (Å²) in [6.07, 6.45) is 6.82. The number of nitrogens with zero attached hydrogens (tertiary/aromatic N) is 4. The quantitative estimate of drug-likeness (QED) is 0.324. The Kier molecular flexibility index (Phi) is 10.8. The summed E-state index contributed by atoms with van der Waals surface area (Å²) in [4.78, 5) is 50.7. The maximum atomic E-state index is 14.1. The summed E-state index contributed by atoms with van der Waals surface area (Å²) >= 11 is 0. The van der Waals surface area contributed by atoms with Crippen LogP contribution in [0.2, 0.25) is 0 Å². The van der Waals surface area contributed by atoms with Crippen molar-refractivity contribution in [3.63, 3.8) is 0 Å². The number of amides is 4. The molecule has 3 aliphatic heterocycles. The van der Waals surface area contributed by atoms with Gasteiger partial charge < -0.3 is 10.2 Å². The second-order valence-electron chi connectivity index (χ2n) is 13.1. The van der Waals surface area contributed by atoms with E-state index in [1.807, 2.05) is 44.2 Å². The largest absolute Gasteiger partial charge is 0.349 e. The molecule has 1 saturated carbocycles. The Hall–Kier alpha value is -2.82. The highest BCUT2D eigenvalue weighted by atomic mass is 35.5. The van der Waals surface area contributed by atoms with Crippen molar-refractivity contribution in [3.8, 4) is 0 Å². The van der Waals surface area contributed by atoms with Gasteiger partial charge in [0.2, 0.25) is 11.8 Å². The van der Waals surface area contributed by atoms with Crippen molar-refractivity contribution in [1.29, 1.82) is 0 Å². The van der Waals surface area contributed by atoms with Gasteiger partial charge in [-0.2, -0.15) is 0 Å². The predicted molar refractivity (Wildman–Crippen MR) is 173 cm³/mol. The standard InChI is InChI=1S/C33H41F2N5O3.2ClH/c1-22(2)40-31(43)39(27-9-6-17-36-21-27)30(42)32(40)19-25-10-11-26(20-32)38(25)18-14-28(23-7-4-3-5-8-23)37-29(41)24-12-15-33(34,35)16-13-24;;/h3-9,17,21-22,24-26,28H,10-16,18-20H2,1-2H3,(H,37,41);2*1H/t25?,26?,28-,32?;;/m0../s1. The molecule has 2 unspecified atom stereocenters. The molecule has 4 heterocycles. The molecule has 8 nitrogen and oxygen atoms in total. The van der Waals surface area contributed by atoms with Crippen molar-refractivity contribution in [3.05, 3.63) is 60.4 Å². The van der Waals surface area contributed by atoms with E-state index in [0.717, 1.165) is 24.9 Å². The number of rotatable bonds is 8. The van der Waals surface area contributed by atoms with E-state index in [9.17, 15) is 23.2 Å². The van der Waals surface area contributed by atoms with E-state index in [4.69, 9.17) is 0 Å². The minimum absolute atomic E-state index is 0. The summed E-state index contributed by atoms with van der Waals surface area (Å²) in [6.45, 7) is 4.66. The Morgan fingerprint density at radius 3 is 2.20 bits per heavy atom. The molecule has 4 amide bonds. The van der Waals surface area contributed by atoms with Gasteiger partial charge in [-0.15, -0.1) is 24.8 Å². The molecule has 246 valence electrons. The molecule has 3 saturated heterocycles. The zero-order valence-electron chi connectivity index (χ0n) is 25.7. The van der Waals surface area contributed by atoms with Crippen molar-refractivity contribution in [1.82, 2.24) is 20.1 Å². The highest BCUT2D eigenvalue weighted by molar-refractivity contribution is 6.23. The fraction of sp³-hybridized carbons (Fsp3) is 0.576. The highest BCUT2D eigenvalue weighted by Crippen LogP contribution is 2.49. The molecule has 1 aromatic carbocycles. The van der Waals surface area contributed by atoms with Gasteiger partial charge in [-0.05, 0) is 76.5 Å². The zero-order valence-corrected chi connectivity index (χ0v) is 27.4. The number of fused-ring (bicyclic) bond motifs is 2. The smallest absolute Gasteiger partial charge is 0.332 e. The van der Waals surface area contributed by atoms with E-state index < -0.39 is 17.4 Å². The fourth-order valence-electron chi connectivity index (χ4n) is 8.05. The maximum absolute atomic E-state index is 14.1. The first kappa shape index (κ1) is 35.0. The second kappa shape index (κ2) is 13.9. The van der Waals surface area contributed by atoms with Gasteiger partial charge in [0, 0.05) is 49.6 Å². The Morgan fingerprint density at radius 1 is 0.978 bits per heavy atom. The summed E-state index contributed by atoms with van der Waals surface area (Å²) in [5, 5.41) is 3.20. The van der Waals surface area contributed by atoms with Crippen LogP contribution >= 0.6 is 24.8 Å². The number of piperidine rings is 1. The molecule has 1 aliphatic carbocycles. The summed E-state index contributed by atoms with van der Waals surface area (Å²) in [7, 11) is 0. The van der Waals surface area contributed by atoms with Gasteiger partial charge in [0.05, 0.1) is 17.9 Å². The van der Waals surface area contributed by atoms with Crippen LogP contribution < -0.4 is 10.2 Å². The second-order valence-corrected chi connectivity index (χ2v) is 13.1. The average Bonchev–Trinajstić information content (AvgIpc) is 3.35.